The van der Waals surface area contributed by atoms with Crippen LogP contribution in [0.1, 0.15) is 0 Å². The third-order valence-corrected chi connectivity index (χ3v) is 7.21. The summed E-state index contributed by atoms with van der Waals surface area (Å²) in [4.78, 5) is 5.87. The molecule has 0 atom stereocenters. The molecule has 0 aliphatic rings. The molecule has 1 aromatic heterocycles. The molecule has 7 aromatic rings. The minimum absolute atomic E-state index is 1.12. The third-order valence-electron chi connectivity index (χ3n) is 7.21. The minimum atomic E-state index is 1.12. The minimum Gasteiger partial charge on any atom is -0.355 e. The van der Waals surface area contributed by atoms with Gasteiger partial charge in [0.2, 0.25) is 0 Å². The maximum Gasteiger partial charge on any atom is 0.0540 e. The first-order chi connectivity index (χ1) is 18.8. The van der Waals surface area contributed by atoms with Crippen molar-refractivity contribution in [2.75, 3.05) is 4.90 Å². The van der Waals surface area contributed by atoms with Crippen LogP contribution >= 0.6 is 0 Å². The Labute approximate surface area is 222 Å². The van der Waals surface area contributed by atoms with Gasteiger partial charge in [-0.1, -0.05) is 103 Å². The lowest BCUT2D eigenvalue weighted by Crippen LogP contribution is -2.11. The highest BCUT2D eigenvalue weighted by atomic mass is 15.1. The molecule has 6 aromatic carbocycles. The van der Waals surface area contributed by atoms with E-state index in [1.54, 1.807) is 0 Å². The van der Waals surface area contributed by atoms with Crippen molar-refractivity contribution in [1.82, 2.24) is 4.98 Å². The van der Waals surface area contributed by atoms with Crippen LogP contribution in [0.3, 0.4) is 0 Å². The van der Waals surface area contributed by atoms with Gasteiger partial charge >= 0.3 is 0 Å². The molecule has 0 spiro atoms. The number of hydrogen-bond donors (Lipinski definition) is 1. The molecule has 1 N–H and O–H groups in total. The van der Waals surface area contributed by atoms with Gasteiger partial charge in [-0.2, -0.15) is 0 Å². The van der Waals surface area contributed by atoms with E-state index in [1.807, 2.05) is 0 Å². The summed E-state index contributed by atoms with van der Waals surface area (Å²) in [5.41, 5.74) is 10.6. The van der Waals surface area contributed by atoms with E-state index in [4.69, 9.17) is 0 Å². The molecule has 0 radical (unpaired) electrons. The van der Waals surface area contributed by atoms with Gasteiger partial charge in [0.15, 0.2) is 0 Å². The zero-order valence-corrected chi connectivity index (χ0v) is 20.9. The monoisotopic (exact) mass is 486 g/mol. The van der Waals surface area contributed by atoms with Crippen molar-refractivity contribution in [2.24, 2.45) is 0 Å². The van der Waals surface area contributed by atoms with Crippen LogP contribution in [0.4, 0.5) is 17.1 Å². The average Bonchev–Trinajstić information content (AvgIpc) is 3.37. The highest BCUT2D eigenvalue weighted by Crippen LogP contribution is 2.41. The van der Waals surface area contributed by atoms with Crippen LogP contribution in [0.5, 0.6) is 0 Å². The lowest BCUT2D eigenvalue weighted by atomic mass is 10.0. The van der Waals surface area contributed by atoms with Gasteiger partial charge in [-0.25, -0.2) is 0 Å². The largest absolute Gasteiger partial charge is 0.355 e. The Bertz CT molecular complexity index is 1850. The van der Waals surface area contributed by atoms with Gasteiger partial charge < -0.3 is 9.88 Å². The first kappa shape index (κ1) is 22.1. The number of nitrogens with zero attached hydrogens (tertiary/aromatic N) is 1. The Morgan fingerprint density at radius 3 is 1.82 bits per heavy atom. The number of nitrogens with one attached hydrogen (secondary N) is 1. The second-order valence-electron chi connectivity index (χ2n) is 9.53. The van der Waals surface area contributed by atoms with Crippen LogP contribution in [0, 0.1) is 0 Å². The van der Waals surface area contributed by atoms with Crippen LogP contribution in [0.2, 0.25) is 0 Å². The lowest BCUT2D eigenvalue weighted by Gasteiger charge is -2.28. The highest BCUT2D eigenvalue weighted by Gasteiger charge is 2.17. The summed E-state index contributed by atoms with van der Waals surface area (Å²) >= 11 is 0. The zero-order chi connectivity index (χ0) is 25.3. The van der Waals surface area contributed by atoms with E-state index in [0.717, 1.165) is 17.1 Å². The van der Waals surface area contributed by atoms with E-state index in [2.05, 4.69) is 162 Å². The van der Waals surface area contributed by atoms with Gasteiger partial charge in [0.25, 0.3) is 0 Å². The van der Waals surface area contributed by atoms with E-state index in [-0.39, 0.29) is 0 Å². The molecule has 2 heteroatoms. The smallest absolute Gasteiger partial charge is 0.0540 e. The molecular weight excluding hydrogens is 460 g/mol. The molecule has 0 aliphatic heterocycles. The molecule has 0 saturated heterocycles. The summed E-state index contributed by atoms with van der Waals surface area (Å²) < 4.78 is 0. The van der Waals surface area contributed by atoms with Crippen molar-refractivity contribution in [3.63, 3.8) is 0 Å². The van der Waals surface area contributed by atoms with Crippen molar-refractivity contribution >= 4 is 38.9 Å². The first-order valence-electron chi connectivity index (χ1n) is 13.0. The Balaban J connectivity index is 1.33. The molecular formula is C36H26N2. The third kappa shape index (κ3) is 3.93. The van der Waals surface area contributed by atoms with Gasteiger partial charge in [0.05, 0.1) is 5.69 Å². The number of rotatable bonds is 5. The molecule has 0 fully saturated rings. The van der Waals surface area contributed by atoms with Crippen molar-refractivity contribution < 1.29 is 0 Å². The predicted molar refractivity (Wildman–Crippen MR) is 161 cm³/mol. The number of fused-ring (bicyclic) bond motifs is 3. The Kier molecular flexibility index (Phi) is 5.49. The molecule has 2 nitrogen and oxygen atoms in total. The maximum absolute atomic E-state index is 3.53. The molecule has 180 valence electrons. The molecule has 0 amide bonds. The van der Waals surface area contributed by atoms with E-state index < -0.39 is 0 Å². The Hall–Kier alpha value is -5.08. The highest BCUT2D eigenvalue weighted by molar-refractivity contribution is 6.08. The number of aromatic amines is 1. The fraction of sp³-hybridized carbons (Fsp3) is 0. The number of aromatic nitrogens is 1. The molecule has 0 unspecified atom stereocenters. The quantitative estimate of drug-likeness (QED) is 0.256. The van der Waals surface area contributed by atoms with Crippen molar-refractivity contribution in [3.8, 4) is 22.3 Å². The normalized spacial score (nSPS) is 11.2. The molecule has 38 heavy (non-hydrogen) atoms. The van der Waals surface area contributed by atoms with Crippen LogP contribution in [0.15, 0.2) is 152 Å². The van der Waals surface area contributed by atoms with Crippen LogP contribution in [-0.4, -0.2) is 4.98 Å². The summed E-state index contributed by atoms with van der Waals surface area (Å²) in [7, 11) is 0. The van der Waals surface area contributed by atoms with E-state index >= 15 is 0 Å². The lowest BCUT2D eigenvalue weighted by molar-refractivity contribution is 1.28. The zero-order valence-electron chi connectivity index (χ0n) is 20.9. The van der Waals surface area contributed by atoms with Crippen molar-refractivity contribution in [2.45, 2.75) is 0 Å². The molecule has 7 rings (SSSR count). The second kappa shape index (κ2) is 9.42. The molecule has 0 saturated carbocycles. The van der Waals surface area contributed by atoms with Crippen LogP contribution < -0.4 is 4.90 Å². The number of para-hydroxylation sites is 3. The average molecular weight is 487 g/mol. The number of benzene rings is 6. The number of hydrogen-bond acceptors (Lipinski definition) is 1. The number of anilines is 3. The Morgan fingerprint density at radius 1 is 0.395 bits per heavy atom. The molecule has 0 bridgehead atoms. The summed E-state index contributed by atoms with van der Waals surface area (Å²) in [5, 5.41) is 2.51. The summed E-state index contributed by atoms with van der Waals surface area (Å²) in [5.74, 6) is 0. The summed E-state index contributed by atoms with van der Waals surface area (Å²) in [6, 6.07) is 53.9. The summed E-state index contributed by atoms with van der Waals surface area (Å²) in [6.07, 6.45) is 0. The van der Waals surface area contributed by atoms with E-state index in [9.17, 15) is 0 Å². The van der Waals surface area contributed by atoms with Gasteiger partial charge in [0.1, 0.15) is 0 Å². The number of H-pyrrole nitrogens is 1. The van der Waals surface area contributed by atoms with Crippen LogP contribution in [-0.2, 0) is 0 Å². The van der Waals surface area contributed by atoms with E-state index in [1.165, 1.54) is 44.1 Å². The first-order valence-corrected chi connectivity index (χ1v) is 13.0. The molecule has 0 aliphatic carbocycles. The fourth-order valence-electron chi connectivity index (χ4n) is 5.37. The summed E-state index contributed by atoms with van der Waals surface area (Å²) in [6.45, 7) is 0. The van der Waals surface area contributed by atoms with Gasteiger partial charge in [-0.15, -0.1) is 0 Å². The SMILES string of the molecule is c1ccc(-c2ccccc2N(c2ccccc2)c2ccc(-c3ccc4[nH]c5ccccc5c4c3)cc2)cc1. The van der Waals surface area contributed by atoms with Gasteiger partial charge in [-0.3, -0.25) is 0 Å². The Morgan fingerprint density at radius 2 is 1.00 bits per heavy atom. The maximum atomic E-state index is 3.53. The second-order valence-corrected chi connectivity index (χ2v) is 9.53. The van der Waals surface area contributed by atoms with Gasteiger partial charge in [0, 0.05) is 38.7 Å². The van der Waals surface area contributed by atoms with Crippen molar-refractivity contribution in [1.29, 1.82) is 0 Å². The van der Waals surface area contributed by atoms with Crippen molar-refractivity contribution in [3.05, 3.63) is 152 Å². The molecule has 1 heterocycles. The topological polar surface area (TPSA) is 19.0 Å². The van der Waals surface area contributed by atoms with Gasteiger partial charge in [-0.05, 0) is 65.2 Å². The van der Waals surface area contributed by atoms with E-state index in [0.29, 0.717) is 0 Å². The standard InChI is InChI=1S/C36H26N2/c1-3-11-27(12-4-1)31-15-8-10-18-36(31)38(29-13-5-2-6-14-29)30-22-19-26(20-23-30)28-21-24-35-33(25-28)32-16-7-9-17-34(32)37-35/h1-25,37H. The van der Waals surface area contributed by atoms with Crippen LogP contribution in [0.25, 0.3) is 44.1 Å². The fourth-order valence-corrected chi connectivity index (χ4v) is 5.37. The predicted octanol–water partition coefficient (Wildman–Crippen LogP) is 10.1.